The van der Waals surface area contributed by atoms with E-state index in [0.29, 0.717) is 13.1 Å². The number of nitrogens with one attached hydrogen (secondary N) is 1. The Kier molecular flexibility index (Phi) is 7.33. The quantitative estimate of drug-likeness (QED) is 0.785. The molecule has 3 rings (SSSR count). The molecule has 0 unspecified atom stereocenters. The van der Waals surface area contributed by atoms with Crippen molar-refractivity contribution >= 4 is 11.7 Å². The van der Waals surface area contributed by atoms with Crippen LogP contribution in [0.2, 0.25) is 0 Å². The van der Waals surface area contributed by atoms with Crippen LogP contribution < -0.4 is 5.32 Å². The molecule has 0 radical (unpaired) electrons. The molecule has 2 amide bonds. The van der Waals surface area contributed by atoms with E-state index in [2.05, 4.69) is 10.2 Å². The molecule has 1 heterocycles. The molecule has 0 spiro atoms. The first-order chi connectivity index (χ1) is 13.6. The van der Waals surface area contributed by atoms with Crippen molar-refractivity contribution in [3.8, 4) is 0 Å². The van der Waals surface area contributed by atoms with Crippen molar-refractivity contribution in [2.24, 2.45) is 0 Å². The average molecular weight is 389 g/mol. The standard InChI is InChI=1S/C21H25F2N3O2/c22-18-8-6-17(7-9-18)16-26(11-3-10-25-12-14-28-15-13-25)21(27)24-20-5-2-1-4-19(20)23/h1-2,4-9H,3,10-16H2,(H,24,27). The molecule has 1 aliphatic heterocycles. The Bertz CT molecular complexity index is 765. The highest BCUT2D eigenvalue weighted by Crippen LogP contribution is 2.15. The topological polar surface area (TPSA) is 44.8 Å². The molecular formula is C21H25F2N3O2. The van der Waals surface area contributed by atoms with Gasteiger partial charge in [0.2, 0.25) is 0 Å². The highest BCUT2D eigenvalue weighted by molar-refractivity contribution is 5.89. The number of morpholine rings is 1. The zero-order chi connectivity index (χ0) is 19.8. The predicted molar refractivity (Wildman–Crippen MR) is 104 cm³/mol. The van der Waals surface area contributed by atoms with Crippen molar-refractivity contribution in [2.75, 3.05) is 44.7 Å². The molecule has 5 nitrogen and oxygen atoms in total. The Morgan fingerprint density at radius 1 is 1.07 bits per heavy atom. The number of anilines is 1. The number of para-hydroxylation sites is 1. The van der Waals surface area contributed by atoms with Crippen molar-refractivity contribution in [3.63, 3.8) is 0 Å². The minimum Gasteiger partial charge on any atom is -0.379 e. The molecule has 7 heteroatoms. The van der Waals surface area contributed by atoms with Crippen LogP contribution in [0.3, 0.4) is 0 Å². The molecule has 2 aromatic rings. The third kappa shape index (κ3) is 6.00. The van der Waals surface area contributed by atoms with Gasteiger partial charge in [-0.15, -0.1) is 0 Å². The van der Waals surface area contributed by atoms with Gasteiger partial charge in [-0.2, -0.15) is 0 Å². The molecule has 0 aliphatic carbocycles. The number of ether oxygens (including phenoxy) is 1. The first-order valence-electron chi connectivity index (χ1n) is 9.47. The van der Waals surface area contributed by atoms with Crippen molar-refractivity contribution in [2.45, 2.75) is 13.0 Å². The van der Waals surface area contributed by atoms with E-state index < -0.39 is 5.82 Å². The van der Waals surface area contributed by atoms with E-state index >= 15 is 0 Å². The molecular weight excluding hydrogens is 364 g/mol. The van der Waals surface area contributed by atoms with Gasteiger partial charge in [0, 0.05) is 32.7 Å². The fourth-order valence-corrected chi connectivity index (χ4v) is 3.13. The lowest BCUT2D eigenvalue weighted by atomic mass is 10.2. The minimum absolute atomic E-state index is 0.143. The third-order valence-electron chi connectivity index (χ3n) is 4.70. The second-order valence-corrected chi connectivity index (χ2v) is 6.77. The molecule has 2 aromatic carbocycles. The van der Waals surface area contributed by atoms with Gasteiger partial charge in [0.15, 0.2) is 0 Å². The highest BCUT2D eigenvalue weighted by atomic mass is 19.1. The van der Waals surface area contributed by atoms with Gasteiger partial charge in [-0.1, -0.05) is 24.3 Å². The average Bonchev–Trinajstić information content (AvgIpc) is 2.71. The van der Waals surface area contributed by atoms with Crippen molar-refractivity contribution in [3.05, 3.63) is 65.7 Å². The molecule has 1 fully saturated rings. The fourth-order valence-electron chi connectivity index (χ4n) is 3.13. The summed E-state index contributed by atoms with van der Waals surface area (Å²) in [5.41, 5.74) is 0.959. The summed E-state index contributed by atoms with van der Waals surface area (Å²) in [7, 11) is 0. The number of halogens is 2. The van der Waals surface area contributed by atoms with Crippen LogP contribution in [0.4, 0.5) is 19.3 Å². The molecule has 28 heavy (non-hydrogen) atoms. The number of rotatable bonds is 7. The molecule has 1 saturated heterocycles. The summed E-state index contributed by atoms with van der Waals surface area (Å²) in [6.07, 6.45) is 0.784. The van der Waals surface area contributed by atoms with E-state index in [0.717, 1.165) is 44.8 Å². The molecule has 150 valence electrons. The van der Waals surface area contributed by atoms with E-state index in [4.69, 9.17) is 4.74 Å². The summed E-state index contributed by atoms with van der Waals surface area (Å²) < 4.78 is 32.4. The van der Waals surface area contributed by atoms with E-state index in [-0.39, 0.29) is 17.5 Å². The molecule has 0 atom stereocenters. The normalized spacial score (nSPS) is 14.6. The van der Waals surface area contributed by atoms with Crippen LogP contribution in [0.15, 0.2) is 48.5 Å². The van der Waals surface area contributed by atoms with Crippen LogP contribution in [0.1, 0.15) is 12.0 Å². The number of carbonyl (C=O) groups is 1. The maximum Gasteiger partial charge on any atom is 0.322 e. The van der Waals surface area contributed by atoms with Gasteiger partial charge in [-0.05, 0) is 36.2 Å². The van der Waals surface area contributed by atoms with Gasteiger partial charge in [0.05, 0.1) is 18.9 Å². The van der Waals surface area contributed by atoms with Crippen LogP contribution in [-0.4, -0.2) is 55.2 Å². The summed E-state index contributed by atoms with van der Waals surface area (Å²) in [5.74, 6) is -0.802. The largest absolute Gasteiger partial charge is 0.379 e. The second kappa shape index (κ2) is 10.1. The van der Waals surface area contributed by atoms with Crippen LogP contribution in [0.5, 0.6) is 0 Å². The number of benzene rings is 2. The monoisotopic (exact) mass is 389 g/mol. The zero-order valence-electron chi connectivity index (χ0n) is 15.7. The molecule has 0 aromatic heterocycles. The smallest absolute Gasteiger partial charge is 0.322 e. The van der Waals surface area contributed by atoms with Crippen LogP contribution in [0, 0.1) is 11.6 Å². The van der Waals surface area contributed by atoms with Crippen LogP contribution in [-0.2, 0) is 11.3 Å². The Hall–Kier alpha value is -2.51. The predicted octanol–water partition coefficient (Wildman–Crippen LogP) is 3.72. The lowest BCUT2D eigenvalue weighted by Crippen LogP contribution is -2.40. The SMILES string of the molecule is O=C(Nc1ccccc1F)N(CCCN1CCOCC1)Cc1ccc(F)cc1. The van der Waals surface area contributed by atoms with Gasteiger partial charge in [-0.3, -0.25) is 4.90 Å². The van der Waals surface area contributed by atoms with Gasteiger partial charge in [0.1, 0.15) is 11.6 Å². The van der Waals surface area contributed by atoms with Crippen molar-refractivity contribution in [1.82, 2.24) is 9.80 Å². The summed E-state index contributed by atoms with van der Waals surface area (Å²) >= 11 is 0. The first kappa shape index (κ1) is 20.2. The highest BCUT2D eigenvalue weighted by Gasteiger charge is 2.17. The Balaban J connectivity index is 1.63. The van der Waals surface area contributed by atoms with Gasteiger partial charge in [-0.25, -0.2) is 13.6 Å². The maximum absolute atomic E-state index is 13.9. The van der Waals surface area contributed by atoms with Crippen molar-refractivity contribution in [1.29, 1.82) is 0 Å². The van der Waals surface area contributed by atoms with E-state index in [1.54, 1.807) is 29.2 Å². The van der Waals surface area contributed by atoms with E-state index in [1.165, 1.54) is 24.3 Å². The fraction of sp³-hybridized carbons (Fsp3) is 0.381. The zero-order valence-corrected chi connectivity index (χ0v) is 15.7. The van der Waals surface area contributed by atoms with Crippen molar-refractivity contribution < 1.29 is 18.3 Å². The first-order valence-corrected chi connectivity index (χ1v) is 9.47. The minimum atomic E-state index is -0.481. The van der Waals surface area contributed by atoms with Crippen LogP contribution in [0.25, 0.3) is 0 Å². The molecule has 0 bridgehead atoms. The Morgan fingerprint density at radius 2 is 1.79 bits per heavy atom. The molecule has 0 saturated carbocycles. The second-order valence-electron chi connectivity index (χ2n) is 6.77. The van der Waals surface area contributed by atoms with Gasteiger partial charge < -0.3 is 15.0 Å². The Labute approximate surface area is 163 Å². The van der Waals surface area contributed by atoms with Gasteiger partial charge >= 0.3 is 6.03 Å². The Morgan fingerprint density at radius 3 is 2.50 bits per heavy atom. The van der Waals surface area contributed by atoms with E-state index in [1.807, 2.05) is 0 Å². The lowest BCUT2D eigenvalue weighted by molar-refractivity contribution is 0.0365. The molecule has 1 N–H and O–H groups in total. The number of hydrogen-bond donors (Lipinski definition) is 1. The number of urea groups is 1. The number of nitrogens with zero attached hydrogens (tertiary/aromatic N) is 2. The summed E-state index contributed by atoms with van der Waals surface area (Å²) in [6, 6.07) is 11.7. The summed E-state index contributed by atoms with van der Waals surface area (Å²) in [4.78, 5) is 16.7. The van der Waals surface area contributed by atoms with Crippen LogP contribution >= 0.6 is 0 Å². The summed E-state index contributed by atoms with van der Waals surface area (Å²) in [5, 5.41) is 2.63. The number of hydrogen-bond acceptors (Lipinski definition) is 3. The maximum atomic E-state index is 13.9. The summed E-state index contributed by atoms with van der Waals surface area (Å²) in [6.45, 7) is 4.92. The lowest BCUT2D eigenvalue weighted by Gasteiger charge is -2.28. The number of amides is 2. The van der Waals surface area contributed by atoms with Gasteiger partial charge in [0.25, 0.3) is 0 Å². The van der Waals surface area contributed by atoms with E-state index in [9.17, 15) is 13.6 Å². The number of carbonyl (C=O) groups excluding carboxylic acids is 1. The molecule has 1 aliphatic rings. The third-order valence-corrected chi connectivity index (χ3v) is 4.70.